The van der Waals surface area contributed by atoms with Gasteiger partial charge in [-0.25, -0.2) is 8.78 Å². The van der Waals surface area contributed by atoms with E-state index in [-0.39, 0.29) is 28.3 Å². The highest BCUT2D eigenvalue weighted by atomic mass is 32.2. The molecule has 2 atom stereocenters. The molecule has 1 fully saturated rings. The number of carbonyl (C=O) groups is 2. The van der Waals surface area contributed by atoms with Crippen LogP contribution >= 0.6 is 11.8 Å². The molecule has 0 saturated carbocycles. The van der Waals surface area contributed by atoms with Crippen LogP contribution in [-0.2, 0) is 4.79 Å². The van der Waals surface area contributed by atoms with Crippen molar-refractivity contribution in [1.29, 1.82) is 0 Å². The number of halogens is 2. The summed E-state index contributed by atoms with van der Waals surface area (Å²) in [6.45, 7) is 2.73. The van der Waals surface area contributed by atoms with Gasteiger partial charge in [-0.2, -0.15) is 0 Å². The first-order chi connectivity index (χ1) is 13.4. The first kappa shape index (κ1) is 20.3. The molecular weight excluding hydrogens is 382 g/mol. The van der Waals surface area contributed by atoms with Crippen molar-refractivity contribution in [3.8, 4) is 0 Å². The zero-order valence-electron chi connectivity index (χ0n) is 15.8. The molecule has 4 nitrogen and oxygen atoms in total. The van der Waals surface area contributed by atoms with Gasteiger partial charge in [0.1, 0.15) is 17.0 Å². The molecule has 2 unspecified atom stereocenters. The van der Waals surface area contributed by atoms with Crippen molar-refractivity contribution >= 4 is 23.6 Å². The molecule has 0 aliphatic carbocycles. The van der Waals surface area contributed by atoms with E-state index in [9.17, 15) is 18.4 Å². The van der Waals surface area contributed by atoms with Gasteiger partial charge in [-0.05, 0) is 49.2 Å². The molecular formula is C21H22F2N2O2S. The van der Waals surface area contributed by atoms with Crippen LogP contribution in [0.15, 0.2) is 48.5 Å². The van der Waals surface area contributed by atoms with Crippen molar-refractivity contribution in [2.45, 2.75) is 24.0 Å². The summed E-state index contributed by atoms with van der Waals surface area (Å²) in [4.78, 5) is 28.2. The third-order valence-electron chi connectivity index (χ3n) is 4.69. The topological polar surface area (TPSA) is 40.6 Å². The summed E-state index contributed by atoms with van der Waals surface area (Å²) in [5.41, 5.74) is 1.05. The van der Waals surface area contributed by atoms with Gasteiger partial charge in [-0.3, -0.25) is 9.59 Å². The molecule has 2 aromatic carbocycles. The number of hydrogen-bond donors (Lipinski definition) is 0. The van der Waals surface area contributed by atoms with Crippen molar-refractivity contribution in [1.82, 2.24) is 9.80 Å². The SMILES string of the molecule is CC1SC(c2cccc(F)c2)N(CCCN(C)C(=O)c2cccc(F)c2)C1=O. The van der Waals surface area contributed by atoms with Gasteiger partial charge in [0.2, 0.25) is 5.91 Å². The summed E-state index contributed by atoms with van der Waals surface area (Å²) in [5, 5.41) is -0.428. The summed E-state index contributed by atoms with van der Waals surface area (Å²) in [5.74, 6) is -1.04. The minimum atomic E-state index is -0.453. The lowest BCUT2D eigenvalue weighted by atomic mass is 10.2. The third kappa shape index (κ3) is 4.52. The summed E-state index contributed by atoms with van der Waals surface area (Å²) >= 11 is 1.49. The molecule has 0 N–H and O–H groups in total. The molecule has 1 aliphatic heterocycles. The van der Waals surface area contributed by atoms with E-state index in [1.807, 2.05) is 13.0 Å². The second-order valence-corrected chi connectivity index (χ2v) is 8.23. The number of amides is 2. The van der Waals surface area contributed by atoms with E-state index >= 15 is 0 Å². The Morgan fingerprint density at radius 1 is 1.14 bits per heavy atom. The number of hydrogen-bond acceptors (Lipinski definition) is 3. The largest absolute Gasteiger partial charge is 0.342 e. The fourth-order valence-electron chi connectivity index (χ4n) is 3.24. The Morgan fingerprint density at radius 2 is 1.82 bits per heavy atom. The fourth-order valence-corrected chi connectivity index (χ4v) is 4.54. The summed E-state index contributed by atoms with van der Waals surface area (Å²) in [6, 6.07) is 11.9. The molecule has 1 aliphatic rings. The van der Waals surface area contributed by atoms with E-state index in [0.717, 1.165) is 5.56 Å². The predicted octanol–water partition coefficient (Wildman–Crippen LogP) is 4.09. The van der Waals surface area contributed by atoms with Gasteiger partial charge in [0, 0.05) is 25.7 Å². The van der Waals surface area contributed by atoms with Crippen LogP contribution in [0, 0.1) is 11.6 Å². The molecule has 0 radical (unpaired) electrons. The van der Waals surface area contributed by atoms with Gasteiger partial charge in [-0.1, -0.05) is 18.2 Å². The van der Waals surface area contributed by atoms with Gasteiger partial charge in [-0.15, -0.1) is 11.8 Å². The monoisotopic (exact) mass is 404 g/mol. The van der Waals surface area contributed by atoms with Crippen molar-refractivity contribution in [3.05, 3.63) is 71.3 Å². The van der Waals surface area contributed by atoms with Crippen molar-refractivity contribution in [2.24, 2.45) is 0 Å². The Balaban J connectivity index is 1.62. The van der Waals surface area contributed by atoms with Crippen LogP contribution in [0.4, 0.5) is 8.78 Å². The quantitative estimate of drug-likeness (QED) is 0.728. The maximum Gasteiger partial charge on any atom is 0.253 e. The Labute approximate surface area is 167 Å². The van der Waals surface area contributed by atoms with E-state index in [1.165, 1.54) is 47.0 Å². The molecule has 28 heavy (non-hydrogen) atoms. The average molecular weight is 404 g/mol. The van der Waals surface area contributed by atoms with Crippen LogP contribution in [0.25, 0.3) is 0 Å². The van der Waals surface area contributed by atoms with Gasteiger partial charge >= 0.3 is 0 Å². The molecule has 3 rings (SSSR count). The van der Waals surface area contributed by atoms with Gasteiger partial charge in [0.25, 0.3) is 5.91 Å². The van der Waals surface area contributed by atoms with Crippen LogP contribution in [0.1, 0.15) is 34.6 Å². The zero-order chi connectivity index (χ0) is 20.3. The summed E-state index contributed by atoms with van der Waals surface area (Å²) in [6.07, 6.45) is 0.572. The van der Waals surface area contributed by atoms with Crippen LogP contribution < -0.4 is 0 Å². The first-order valence-corrected chi connectivity index (χ1v) is 10.0. The van der Waals surface area contributed by atoms with E-state index in [0.29, 0.717) is 25.1 Å². The Kier molecular flexibility index (Phi) is 6.34. The second kappa shape index (κ2) is 8.73. The highest BCUT2D eigenvalue weighted by molar-refractivity contribution is 8.01. The number of rotatable bonds is 6. The van der Waals surface area contributed by atoms with E-state index < -0.39 is 5.82 Å². The maximum atomic E-state index is 13.6. The molecule has 2 aromatic rings. The summed E-state index contributed by atoms with van der Waals surface area (Å²) < 4.78 is 26.9. The molecule has 1 heterocycles. The molecule has 1 saturated heterocycles. The van der Waals surface area contributed by atoms with Crippen molar-refractivity contribution in [3.63, 3.8) is 0 Å². The molecule has 0 aromatic heterocycles. The highest BCUT2D eigenvalue weighted by Crippen LogP contribution is 2.42. The average Bonchev–Trinajstić information content (AvgIpc) is 2.96. The third-order valence-corrected chi connectivity index (χ3v) is 6.09. The Morgan fingerprint density at radius 3 is 2.50 bits per heavy atom. The predicted molar refractivity (Wildman–Crippen MR) is 106 cm³/mol. The van der Waals surface area contributed by atoms with E-state index in [2.05, 4.69) is 0 Å². The number of nitrogens with zero attached hydrogens (tertiary/aromatic N) is 2. The lowest BCUT2D eigenvalue weighted by Crippen LogP contribution is -2.34. The molecule has 0 spiro atoms. The van der Waals surface area contributed by atoms with Crippen molar-refractivity contribution in [2.75, 3.05) is 20.1 Å². The van der Waals surface area contributed by atoms with Crippen LogP contribution in [0.5, 0.6) is 0 Å². The zero-order valence-corrected chi connectivity index (χ0v) is 16.6. The van der Waals surface area contributed by atoms with E-state index in [4.69, 9.17) is 0 Å². The minimum Gasteiger partial charge on any atom is -0.342 e. The van der Waals surface area contributed by atoms with Gasteiger partial charge in [0.05, 0.1) is 5.25 Å². The number of benzene rings is 2. The van der Waals surface area contributed by atoms with Crippen LogP contribution in [0.2, 0.25) is 0 Å². The lowest BCUT2D eigenvalue weighted by Gasteiger charge is -2.25. The maximum absolute atomic E-state index is 13.6. The summed E-state index contributed by atoms with van der Waals surface area (Å²) in [7, 11) is 1.65. The van der Waals surface area contributed by atoms with Gasteiger partial charge in [0.15, 0.2) is 0 Å². The standard InChI is InChI=1S/C21H22F2N2O2S/c1-14-19(26)25(21(28-14)16-7-4-9-18(23)13-16)11-5-10-24(2)20(27)15-6-3-8-17(22)12-15/h3-4,6-9,12-14,21H,5,10-11H2,1-2H3. The highest BCUT2D eigenvalue weighted by Gasteiger charge is 2.38. The van der Waals surface area contributed by atoms with Gasteiger partial charge < -0.3 is 9.80 Å². The number of thioether (sulfide) groups is 1. The number of carbonyl (C=O) groups excluding carboxylic acids is 2. The fraction of sp³-hybridized carbons (Fsp3) is 0.333. The molecule has 0 bridgehead atoms. The van der Waals surface area contributed by atoms with Crippen LogP contribution in [0.3, 0.4) is 0 Å². The second-order valence-electron chi connectivity index (χ2n) is 6.81. The van der Waals surface area contributed by atoms with E-state index in [1.54, 1.807) is 24.1 Å². The lowest BCUT2D eigenvalue weighted by molar-refractivity contribution is -0.129. The Bertz CT molecular complexity index is 877. The Hall–Kier alpha value is -2.41. The van der Waals surface area contributed by atoms with Crippen LogP contribution in [-0.4, -0.2) is 47.0 Å². The molecule has 2 amide bonds. The smallest absolute Gasteiger partial charge is 0.253 e. The molecule has 148 valence electrons. The first-order valence-electron chi connectivity index (χ1n) is 9.09. The minimum absolute atomic E-state index is 0.0124. The molecule has 7 heteroatoms. The normalized spacial score (nSPS) is 19.1. The van der Waals surface area contributed by atoms with Crippen molar-refractivity contribution < 1.29 is 18.4 Å².